The molecule has 7 nitrogen and oxygen atoms in total. The van der Waals surface area contributed by atoms with Gasteiger partial charge in [-0.1, -0.05) is 37.6 Å². The number of aliphatic carboxylic acids is 1. The van der Waals surface area contributed by atoms with Crippen LogP contribution in [0.15, 0.2) is 24.3 Å². The predicted octanol–water partition coefficient (Wildman–Crippen LogP) is 1.79. The van der Waals surface area contributed by atoms with E-state index >= 15 is 0 Å². The highest BCUT2D eigenvalue weighted by Crippen LogP contribution is 2.18. The van der Waals surface area contributed by atoms with Crippen LogP contribution in [0.1, 0.15) is 31.1 Å². The molecule has 2 N–H and O–H groups in total. The van der Waals surface area contributed by atoms with Gasteiger partial charge in [0, 0.05) is 6.54 Å². The molecule has 8 heteroatoms. The zero-order chi connectivity index (χ0) is 19.4. The predicted molar refractivity (Wildman–Crippen MR) is 96.1 cm³/mol. The zero-order valence-corrected chi connectivity index (χ0v) is 15.7. The third kappa shape index (κ3) is 4.74. The van der Waals surface area contributed by atoms with Crippen LogP contribution in [0.25, 0.3) is 0 Å². The Morgan fingerprint density at radius 3 is 2.50 bits per heavy atom. The van der Waals surface area contributed by atoms with Crippen LogP contribution in [0.3, 0.4) is 0 Å². The minimum absolute atomic E-state index is 0.0519. The molecule has 1 fully saturated rings. The number of morpholine rings is 1. The highest BCUT2D eigenvalue weighted by molar-refractivity contribution is 6.33. The second-order valence-corrected chi connectivity index (χ2v) is 7.10. The van der Waals surface area contributed by atoms with E-state index in [1.165, 1.54) is 4.90 Å². The lowest BCUT2D eigenvalue weighted by molar-refractivity contribution is -0.167. The number of nitrogens with one attached hydrogen (secondary N) is 1. The summed E-state index contributed by atoms with van der Waals surface area (Å²) in [6, 6.07) is 5.79. The van der Waals surface area contributed by atoms with E-state index in [1.54, 1.807) is 31.2 Å². The maximum absolute atomic E-state index is 12.9. The lowest BCUT2D eigenvalue weighted by atomic mass is 10.0. The van der Waals surface area contributed by atoms with Gasteiger partial charge in [-0.25, -0.2) is 4.79 Å². The Bertz CT molecular complexity index is 694. The third-order valence-electron chi connectivity index (χ3n) is 4.19. The SMILES string of the molecule is CC(C)C(NC(=O)c1ccccc1Cl)C(=O)N1CC(C(=O)O)O[C@H](C)C1. The fourth-order valence-corrected chi connectivity index (χ4v) is 3.06. The molecule has 142 valence electrons. The van der Waals surface area contributed by atoms with E-state index in [0.717, 1.165) is 0 Å². The van der Waals surface area contributed by atoms with Crippen molar-refractivity contribution in [1.29, 1.82) is 0 Å². The van der Waals surface area contributed by atoms with Crippen LogP contribution in [0, 0.1) is 5.92 Å². The lowest BCUT2D eigenvalue weighted by Crippen LogP contribution is -2.58. The summed E-state index contributed by atoms with van der Waals surface area (Å²) in [6.45, 7) is 5.56. The summed E-state index contributed by atoms with van der Waals surface area (Å²) >= 11 is 6.05. The summed E-state index contributed by atoms with van der Waals surface area (Å²) < 4.78 is 5.34. The Kier molecular flexibility index (Phi) is 6.61. The average Bonchev–Trinajstić information content (AvgIpc) is 2.58. The number of benzene rings is 1. The number of nitrogens with zero attached hydrogens (tertiary/aromatic N) is 1. The molecule has 1 saturated heterocycles. The molecule has 0 spiro atoms. The molecule has 2 rings (SSSR count). The molecule has 3 atom stereocenters. The van der Waals surface area contributed by atoms with Gasteiger partial charge in [0.25, 0.3) is 5.91 Å². The topological polar surface area (TPSA) is 95.9 Å². The van der Waals surface area contributed by atoms with Crippen molar-refractivity contribution in [2.75, 3.05) is 13.1 Å². The fraction of sp³-hybridized carbons (Fsp3) is 0.500. The smallest absolute Gasteiger partial charge is 0.334 e. The Labute approximate surface area is 157 Å². The molecule has 0 saturated carbocycles. The molecule has 0 radical (unpaired) electrons. The maximum atomic E-state index is 12.9. The number of ether oxygens (including phenoxy) is 1. The van der Waals surface area contributed by atoms with Gasteiger partial charge >= 0.3 is 5.97 Å². The monoisotopic (exact) mass is 382 g/mol. The Morgan fingerprint density at radius 1 is 1.27 bits per heavy atom. The van der Waals surface area contributed by atoms with Crippen molar-refractivity contribution in [3.8, 4) is 0 Å². The third-order valence-corrected chi connectivity index (χ3v) is 4.51. The number of hydrogen-bond donors (Lipinski definition) is 2. The summed E-state index contributed by atoms with van der Waals surface area (Å²) in [5.41, 5.74) is 0.284. The number of halogens is 1. The van der Waals surface area contributed by atoms with Crippen molar-refractivity contribution >= 4 is 29.4 Å². The van der Waals surface area contributed by atoms with Crippen molar-refractivity contribution in [1.82, 2.24) is 10.2 Å². The van der Waals surface area contributed by atoms with Crippen molar-refractivity contribution in [3.63, 3.8) is 0 Å². The summed E-state index contributed by atoms with van der Waals surface area (Å²) in [6.07, 6.45) is -1.48. The van der Waals surface area contributed by atoms with Crippen LogP contribution < -0.4 is 5.32 Å². The van der Waals surface area contributed by atoms with Crippen molar-refractivity contribution in [2.24, 2.45) is 5.92 Å². The van der Waals surface area contributed by atoms with E-state index in [9.17, 15) is 19.5 Å². The van der Waals surface area contributed by atoms with Crippen LogP contribution in [-0.4, -0.2) is 59.1 Å². The van der Waals surface area contributed by atoms with Gasteiger partial charge in [0.15, 0.2) is 6.10 Å². The van der Waals surface area contributed by atoms with E-state index < -0.39 is 30.1 Å². The number of amides is 2. The number of carbonyl (C=O) groups is 3. The molecule has 1 aliphatic heterocycles. The summed E-state index contributed by atoms with van der Waals surface area (Å²) in [5, 5.41) is 12.2. The van der Waals surface area contributed by atoms with E-state index in [4.69, 9.17) is 16.3 Å². The van der Waals surface area contributed by atoms with Crippen molar-refractivity contribution in [2.45, 2.75) is 39.0 Å². The molecule has 1 aromatic carbocycles. The first-order chi connectivity index (χ1) is 12.2. The molecule has 2 amide bonds. The van der Waals surface area contributed by atoms with E-state index in [1.807, 2.05) is 13.8 Å². The number of carboxylic acids is 1. The van der Waals surface area contributed by atoms with Crippen LogP contribution in [-0.2, 0) is 14.3 Å². The minimum atomic E-state index is -1.12. The fourth-order valence-electron chi connectivity index (χ4n) is 2.84. The van der Waals surface area contributed by atoms with Gasteiger partial charge in [-0.05, 0) is 25.0 Å². The van der Waals surface area contributed by atoms with Crippen molar-refractivity contribution in [3.05, 3.63) is 34.9 Å². The zero-order valence-electron chi connectivity index (χ0n) is 14.9. The van der Waals surface area contributed by atoms with E-state index in [0.29, 0.717) is 5.02 Å². The number of rotatable bonds is 5. The summed E-state index contributed by atoms with van der Waals surface area (Å²) in [7, 11) is 0. The van der Waals surface area contributed by atoms with Crippen LogP contribution >= 0.6 is 11.6 Å². The lowest BCUT2D eigenvalue weighted by Gasteiger charge is -2.37. The van der Waals surface area contributed by atoms with Gasteiger partial charge < -0.3 is 20.1 Å². The number of carbonyl (C=O) groups excluding carboxylic acids is 2. The Hall–Kier alpha value is -2.12. The molecule has 1 aliphatic rings. The Morgan fingerprint density at radius 2 is 1.92 bits per heavy atom. The van der Waals surface area contributed by atoms with Gasteiger partial charge in [0.05, 0.1) is 23.2 Å². The normalized spacial score (nSPS) is 21.3. The standard InChI is InChI=1S/C18H23ClN2O5/c1-10(2)15(20-16(22)12-6-4-5-7-13(12)19)17(23)21-8-11(3)26-14(9-21)18(24)25/h4-7,10-11,14-15H,8-9H2,1-3H3,(H,20,22)(H,24,25)/t11-,14?,15?/m1/s1. The van der Waals surface area contributed by atoms with E-state index in [-0.39, 0.29) is 30.5 Å². The molecule has 0 bridgehead atoms. The first-order valence-corrected chi connectivity index (χ1v) is 8.81. The molecule has 26 heavy (non-hydrogen) atoms. The van der Waals surface area contributed by atoms with Gasteiger partial charge in [0.2, 0.25) is 5.91 Å². The number of hydrogen-bond acceptors (Lipinski definition) is 4. The highest BCUT2D eigenvalue weighted by Gasteiger charge is 2.36. The maximum Gasteiger partial charge on any atom is 0.334 e. The molecular weight excluding hydrogens is 360 g/mol. The molecular formula is C18H23ClN2O5. The Balaban J connectivity index is 2.16. The van der Waals surface area contributed by atoms with Crippen LogP contribution in [0.2, 0.25) is 5.02 Å². The first-order valence-electron chi connectivity index (χ1n) is 8.43. The second-order valence-electron chi connectivity index (χ2n) is 6.69. The first kappa shape index (κ1) is 20.2. The van der Waals surface area contributed by atoms with Crippen molar-refractivity contribution < 1.29 is 24.2 Å². The second kappa shape index (κ2) is 8.51. The highest BCUT2D eigenvalue weighted by atomic mass is 35.5. The van der Waals surface area contributed by atoms with Crippen LogP contribution in [0.5, 0.6) is 0 Å². The number of carboxylic acid groups (broad SMARTS) is 1. The summed E-state index contributed by atoms with van der Waals surface area (Å²) in [4.78, 5) is 38.1. The van der Waals surface area contributed by atoms with Crippen LogP contribution in [0.4, 0.5) is 0 Å². The minimum Gasteiger partial charge on any atom is -0.479 e. The molecule has 0 aliphatic carbocycles. The van der Waals surface area contributed by atoms with E-state index in [2.05, 4.69) is 5.32 Å². The van der Waals surface area contributed by atoms with Gasteiger partial charge in [0.1, 0.15) is 6.04 Å². The van der Waals surface area contributed by atoms with Gasteiger partial charge in [-0.15, -0.1) is 0 Å². The largest absolute Gasteiger partial charge is 0.479 e. The molecule has 1 aromatic rings. The average molecular weight is 383 g/mol. The van der Waals surface area contributed by atoms with Gasteiger partial charge in [-0.2, -0.15) is 0 Å². The summed E-state index contributed by atoms with van der Waals surface area (Å²) in [5.74, 6) is -2.08. The molecule has 0 aromatic heterocycles. The molecule has 2 unspecified atom stereocenters. The molecule has 1 heterocycles. The quantitative estimate of drug-likeness (QED) is 0.809. The van der Waals surface area contributed by atoms with Gasteiger partial charge in [-0.3, -0.25) is 9.59 Å².